The van der Waals surface area contributed by atoms with Crippen LogP contribution in [0, 0.1) is 0 Å². The summed E-state index contributed by atoms with van der Waals surface area (Å²) in [7, 11) is -3.97. The van der Waals surface area contributed by atoms with Crippen LogP contribution < -0.4 is 15.2 Å². The summed E-state index contributed by atoms with van der Waals surface area (Å²) in [6.45, 7) is 5.16. The Kier molecular flexibility index (Phi) is 6.60. The van der Waals surface area contributed by atoms with E-state index in [1.54, 1.807) is 6.92 Å². The van der Waals surface area contributed by atoms with E-state index in [0.717, 1.165) is 0 Å². The maximum atomic E-state index is 11.9. The van der Waals surface area contributed by atoms with Gasteiger partial charge >= 0.3 is 0 Å². The standard InChI is InChI=1S/C13H20N2O5S/c1-3-19-8-7-15-13(16)10-5-6-11(20-4-2)12(9-10)21(14,17)18/h5-6,9H,3-4,7-8H2,1-2H3,(H,15,16)(H2,14,17,18). The molecule has 0 aliphatic carbocycles. The van der Waals surface area contributed by atoms with E-state index < -0.39 is 15.9 Å². The third kappa shape index (κ3) is 5.33. The van der Waals surface area contributed by atoms with Crippen molar-refractivity contribution in [1.82, 2.24) is 5.32 Å². The maximum Gasteiger partial charge on any atom is 0.251 e. The fraction of sp³-hybridized carbons (Fsp3) is 0.462. The molecule has 7 nitrogen and oxygen atoms in total. The number of nitrogens with two attached hydrogens (primary N) is 1. The molecule has 1 aromatic rings. The van der Waals surface area contributed by atoms with Crippen molar-refractivity contribution < 1.29 is 22.7 Å². The Labute approximate surface area is 124 Å². The van der Waals surface area contributed by atoms with Crippen LogP contribution in [-0.4, -0.2) is 40.7 Å². The second kappa shape index (κ2) is 7.96. The van der Waals surface area contributed by atoms with E-state index in [4.69, 9.17) is 14.6 Å². The highest BCUT2D eigenvalue weighted by Crippen LogP contribution is 2.24. The number of rotatable bonds is 8. The van der Waals surface area contributed by atoms with E-state index in [9.17, 15) is 13.2 Å². The van der Waals surface area contributed by atoms with Gasteiger partial charge in [-0.15, -0.1) is 0 Å². The highest BCUT2D eigenvalue weighted by molar-refractivity contribution is 7.89. The van der Waals surface area contributed by atoms with E-state index in [1.807, 2.05) is 6.92 Å². The Morgan fingerprint density at radius 1 is 1.29 bits per heavy atom. The number of carbonyl (C=O) groups excluding carboxylic acids is 1. The Bertz CT molecular complexity index is 586. The average molecular weight is 316 g/mol. The summed E-state index contributed by atoms with van der Waals surface area (Å²) in [5.74, 6) is -0.270. The second-order valence-corrected chi connectivity index (χ2v) is 5.62. The molecule has 8 heteroatoms. The molecule has 0 aliphatic heterocycles. The molecule has 1 aromatic carbocycles. The lowest BCUT2D eigenvalue weighted by atomic mass is 10.2. The van der Waals surface area contributed by atoms with E-state index in [0.29, 0.717) is 26.4 Å². The first-order valence-electron chi connectivity index (χ1n) is 6.55. The van der Waals surface area contributed by atoms with E-state index in [-0.39, 0.29) is 16.2 Å². The molecule has 0 saturated carbocycles. The number of primary sulfonamides is 1. The van der Waals surface area contributed by atoms with Gasteiger partial charge in [0.2, 0.25) is 10.0 Å². The van der Waals surface area contributed by atoms with E-state index in [2.05, 4.69) is 5.32 Å². The lowest BCUT2D eigenvalue weighted by Crippen LogP contribution is -2.27. The molecular formula is C13H20N2O5S. The minimum Gasteiger partial charge on any atom is -0.492 e. The van der Waals surface area contributed by atoms with Crippen LogP contribution in [0.25, 0.3) is 0 Å². The molecule has 0 bridgehead atoms. The van der Waals surface area contributed by atoms with Crippen LogP contribution in [0.4, 0.5) is 0 Å². The smallest absolute Gasteiger partial charge is 0.251 e. The molecule has 0 unspecified atom stereocenters. The Morgan fingerprint density at radius 3 is 2.57 bits per heavy atom. The molecule has 118 valence electrons. The summed E-state index contributed by atoms with van der Waals surface area (Å²) in [5, 5.41) is 7.76. The predicted molar refractivity (Wildman–Crippen MR) is 77.8 cm³/mol. The van der Waals surface area contributed by atoms with Gasteiger partial charge in [0.25, 0.3) is 5.91 Å². The molecule has 0 fully saturated rings. The SMILES string of the molecule is CCOCCNC(=O)c1ccc(OCC)c(S(N)(=O)=O)c1. The first kappa shape index (κ1) is 17.4. The predicted octanol–water partition coefficient (Wildman–Crippen LogP) is 0.499. The zero-order valence-electron chi connectivity index (χ0n) is 12.1. The third-order valence-electron chi connectivity index (χ3n) is 2.55. The maximum absolute atomic E-state index is 11.9. The van der Waals surface area contributed by atoms with Crippen LogP contribution in [0.3, 0.4) is 0 Å². The van der Waals surface area contributed by atoms with Gasteiger partial charge in [-0.2, -0.15) is 0 Å². The first-order valence-corrected chi connectivity index (χ1v) is 8.10. The van der Waals surface area contributed by atoms with Crippen LogP contribution in [0.2, 0.25) is 0 Å². The van der Waals surface area contributed by atoms with Crippen molar-refractivity contribution in [3.8, 4) is 5.75 Å². The summed E-state index contributed by atoms with van der Waals surface area (Å²) in [6.07, 6.45) is 0. The van der Waals surface area contributed by atoms with Gasteiger partial charge in [0.15, 0.2) is 0 Å². The van der Waals surface area contributed by atoms with Crippen molar-refractivity contribution in [3.63, 3.8) is 0 Å². The Morgan fingerprint density at radius 2 is 2.00 bits per heavy atom. The van der Waals surface area contributed by atoms with Crippen LogP contribution in [0.15, 0.2) is 23.1 Å². The van der Waals surface area contributed by atoms with Gasteiger partial charge in [0.05, 0.1) is 13.2 Å². The van der Waals surface area contributed by atoms with Crippen LogP contribution >= 0.6 is 0 Å². The van der Waals surface area contributed by atoms with Gasteiger partial charge in [-0.05, 0) is 32.0 Å². The fourth-order valence-electron chi connectivity index (χ4n) is 1.63. The number of carbonyl (C=O) groups is 1. The number of hydrogen-bond donors (Lipinski definition) is 2. The van der Waals surface area contributed by atoms with Gasteiger partial charge in [-0.3, -0.25) is 4.79 Å². The molecule has 1 rings (SSSR count). The van der Waals surface area contributed by atoms with Gasteiger partial charge < -0.3 is 14.8 Å². The zero-order chi connectivity index (χ0) is 15.9. The number of amides is 1. The van der Waals surface area contributed by atoms with E-state index >= 15 is 0 Å². The molecule has 0 atom stereocenters. The minimum atomic E-state index is -3.97. The normalized spacial score (nSPS) is 11.2. The Balaban J connectivity index is 2.92. The van der Waals surface area contributed by atoms with Gasteiger partial charge in [-0.25, -0.2) is 13.6 Å². The highest BCUT2D eigenvalue weighted by Gasteiger charge is 2.18. The number of ether oxygens (including phenoxy) is 2. The van der Waals surface area contributed by atoms with Crippen LogP contribution in [0.5, 0.6) is 5.75 Å². The number of sulfonamides is 1. The van der Waals surface area contributed by atoms with Crippen molar-refractivity contribution in [3.05, 3.63) is 23.8 Å². The lowest BCUT2D eigenvalue weighted by molar-refractivity contribution is 0.0922. The molecule has 0 heterocycles. The second-order valence-electron chi connectivity index (χ2n) is 4.09. The quantitative estimate of drug-likeness (QED) is 0.679. The minimum absolute atomic E-state index is 0.130. The van der Waals surface area contributed by atoms with Crippen molar-refractivity contribution in [1.29, 1.82) is 0 Å². The highest BCUT2D eigenvalue weighted by atomic mass is 32.2. The molecule has 3 N–H and O–H groups in total. The monoisotopic (exact) mass is 316 g/mol. The van der Waals surface area contributed by atoms with E-state index in [1.165, 1.54) is 18.2 Å². The van der Waals surface area contributed by atoms with Crippen molar-refractivity contribution in [2.24, 2.45) is 5.14 Å². The van der Waals surface area contributed by atoms with Crippen LogP contribution in [0.1, 0.15) is 24.2 Å². The molecule has 0 spiro atoms. The van der Waals surface area contributed by atoms with Gasteiger partial charge in [0, 0.05) is 18.7 Å². The van der Waals surface area contributed by atoms with Crippen molar-refractivity contribution in [2.75, 3.05) is 26.4 Å². The van der Waals surface area contributed by atoms with Crippen molar-refractivity contribution in [2.45, 2.75) is 18.7 Å². The first-order chi connectivity index (χ1) is 9.90. The topological polar surface area (TPSA) is 108 Å². The van der Waals surface area contributed by atoms with Gasteiger partial charge in [-0.1, -0.05) is 0 Å². The molecule has 0 saturated heterocycles. The average Bonchev–Trinajstić information content (AvgIpc) is 2.43. The number of nitrogens with one attached hydrogen (secondary N) is 1. The molecule has 0 aliphatic rings. The molecule has 0 aromatic heterocycles. The fourth-order valence-corrected chi connectivity index (χ4v) is 2.33. The lowest BCUT2D eigenvalue weighted by Gasteiger charge is -2.11. The molecule has 0 radical (unpaired) electrons. The summed E-state index contributed by atoms with van der Waals surface area (Å²) < 4.78 is 33.4. The number of hydrogen-bond acceptors (Lipinski definition) is 5. The molecular weight excluding hydrogens is 296 g/mol. The molecule has 1 amide bonds. The summed E-state index contributed by atoms with van der Waals surface area (Å²) in [4.78, 5) is 11.7. The van der Waals surface area contributed by atoms with Gasteiger partial charge in [0.1, 0.15) is 10.6 Å². The number of benzene rings is 1. The largest absolute Gasteiger partial charge is 0.492 e. The van der Waals surface area contributed by atoms with Crippen molar-refractivity contribution >= 4 is 15.9 Å². The summed E-state index contributed by atoms with van der Waals surface area (Å²) in [5.41, 5.74) is 0.193. The molecule has 21 heavy (non-hydrogen) atoms. The third-order valence-corrected chi connectivity index (χ3v) is 3.48. The van der Waals surface area contributed by atoms with Crippen LogP contribution in [-0.2, 0) is 14.8 Å². The summed E-state index contributed by atoms with van der Waals surface area (Å²) >= 11 is 0. The Hall–Kier alpha value is -1.64. The zero-order valence-corrected chi connectivity index (χ0v) is 12.9. The summed E-state index contributed by atoms with van der Waals surface area (Å²) in [6, 6.07) is 4.10.